The van der Waals surface area contributed by atoms with Gasteiger partial charge < -0.3 is 15.2 Å². The van der Waals surface area contributed by atoms with Crippen LogP contribution >= 0.6 is 34.3 Å². The fourth-order valence-corrected chi connectivity index (χ4v) is 5.25. The second-order valence-corrected chi connectivity index (χ2v) is 8.16. The summed E-state index contributed by atoms with van der Waals surface area (Å²) in [6, 6.07) is 12.3. The lowest BCUT2D eigenvalue weighted by Crippen LogP contribution is -2.09. The van der Waals surface area contributed by atoms with E-state index >= 15 is 0 Å². The molecule has 26 heavy (non-hydrogen) atoms. The average Bonchev–Trinajstić information content (AvgIpc) is 3.20. The lowest BCUT2D eigenvalue weighted by molar-refractivity contribution is 0.475. The van der Waals surface area contributed by atoms with E-state index in [0.29, 0.717) is 20.1 Å². The van der Waals surface area contributed by atoms with Crippen LogP contribution in [0.15, 0.2) is 41.2 Å². The minimum atomic E-state index is -0.641. The van der Waals surface area contributed by atoms with Gasteiger partial charge in [0.25, 0.3) is 5.56 Å². The Morgan fingerprint density at radius 2 is 1.73 bits per heavy atom. The van der Waals surface area contributed by atoms with Crippen molar-refractivity contribution in [2.45, 2.75) is 0 Å². The van der Waals surface area contributed by atoms with Crippen LogP contribution in [-0.4, -0.2) is 15.2 Å². The first-order chi connectivity index (χ1) is 12.5. The van der Waals surface area contributed by atoms with Crippen molar-refractivity contribution in [2.24, 2.45) is 0 Å². The topological polar surface area (TPSA) is 97.1 Å². The molecule has 128 valence electrons. The molecule has 3 aromatic heterocycles. The summed E-state index contributed by atoms with van der Waals surface area (Å²) < 4.78 is 0.417. The zero-order chi connectivity index (χ0) is 18.4. The smallest absolute Gasteiger partial charge is 0.270 e. The maximum absolute atomic E-state index is 11.9. The first-order valence-corrected chi connectivity index (χ1v) is 9.37. The number of nitrogens with zero attached hydrogens (tertiary/aromatic N) is 1. The van der Waals surface area contributed by atoms with E-state index in [1.165, 1.54) is 11.3 Å². The van der Waals surface area contributed by atoms with Crippen LogP contribution in [0.25, 0.3) is 31.1 Å². The van der Waals surface area contributed by atoms with Gasteiger partial charge in [0.15, 0.2) is 5.56 Å². The van der Waals surface area contributed by atoms with Crippen molar-refractivity contribution in [3.63, 3.8) is 0 Å². The Kier molecular flexibility index (Phi) is 3.96. The summed E-state index contributed by atoms with van der Waals surface area (Å²) in [5, 5.41) is 29.3. The molecular formula is C18H9ClN2O3S2. The van der Waals surface area contributed by atoms with Crippen LogP contribution in [0.4, 0.5) is 0 Å². The molecule has 0 unspecified atom stereocenters. The lowest BCUT2D eigenvalue weighted by atomic mass is 10.1. The number of fused-ring (bicyclic) bond motifs is 1. The summed E-state index contributed by atoms with van der Waals surface area (Å²) in [7, 11) is 0. The van der Waals surface area contributed by atoms with Crippen LogP contribution < -0.4 is 5.56 Å². The third-order valence-corrected chi connectivity index (χ3v) is 6.37. The van der Waals surface area contributed by atoms with Gasteiger partial charge in [-0.15, -0.1) is 22.7 Å². The predicted molar refractivity (Wildman–Crippen MR) is 104 cm³/mol. The number of benzene rings is 1. The molecule has 0 spiro atoms. The van der Waals surface area contributed by atoms with Crippen molar-refractivity contribution in [1.29, 1.82) is 5.26 Å². The molecule has 1 aromatic carbocycles. The summed E-state index contributed by atoms with van der Waals surface area (Å²) in [5.41, 5.74) is 0.554. The first-order valence-electron chi connectivity index (χ1n) is 7.36. The molecule has 0 amide bonds. The van der Waals surface area contributed by atoms with E-state index in [2.05, 4.69) is 4.98 Å². The maximum Gasteiger partial charge on any atom is 0.270 e. The van der Waals surface area contributed by atoms with Gasteiger partial charge in [-0.3, -0.25) is 4.79 Å². The van der Waals surface area contributed by atoms with Crippen LogP contribution in [0.1, 0.15) is 5.56 Å². The number of thiophene rings is 2. The average molecular weight is 401 g/mol. The quantitative estimate of drug-likeness (QED) is 0.444. The van der Waals surface area contributed by atoms with Gasteiger partial charge in [0.1, 0.15) is 26.7 Å². The van der Waals surface area contributed by atoms with Gasteiger partial charge in [-0.05, 0) is 42.0 Å². The van der Waals surface area contributed by atoms with E-state index in [-0.39, 0.29) is 17.1 Å². The van der Waals surface area contributed by atoms with Crippen molar-refractivity contribution < 1.29 is 10.2 Å². The van der Waals surface area contributed by atoms with Crippen molar-refractivity contribution >= 4 is 44.5 Å². The number of nitriles is 1. The molecule has 4 rings (SSSR count). The van der Waals surface area contributed by atoms with Crippen molar-refractivity contribution in [1.82, 2.24) is 4.98 Å². The third-order valence-electron chi connectivity index (χ3n) is 3.91. The Labute approximate surface area is 160 Å². The minimum absolute atomic E-state index is 0.190. The van der Waals surface area contributed by atoms with Crippen LogP contribution in [-0.2, 0) is 0 Å². The molecule has 5 nitrogen and oxygen atoms in total. The Morgan fingerprint density at radius 1 is 1.04 bits per heavy atom. The normalized spacial score (nSPS) is 10.9. The number of phenols is 1. The van der Waals surface area contributed by atoms with Gasteiger partial charge in [-0.2, -0.15) is 5.26 Å². The Morgan fingerprint density at radius 3 is 2.42 bits per heavy atom. The van der Waals surface area contributed by atoms with E-state index in [1.54, 1.807) is 30.3 Å². The highest BCUT2D eigenvalue weighted by Gasteiger charge is 2.22. The van der Waals surface area contributed by atoms with Crippen molar-refractivity contribution in [3.8, 4) is 38.4 Å². The van der Waals surface area contributed by atoms with Crippen LogP contribution in [0, 0.1) is 11.3 Å². The molecule has 0 bridgehead atoms. The number of pyridine rings is 1. The van der Waals surface area contributed by atoms with Crippen molar-refractivity contribution in [2.75, 3.05) is 0 Å². The molecule has 0 fully saturated rings. The second kappa shape index (κ2) is 6.18. The number of H-pyrrole nitrogens is 1. The fraction of sp³-hybridized carbons (Fsp3) is 0. The van der Waals surface area contributed by atoms with Gasteiger partial charge in [-0.1, -0.05) is 11.6 Å². The number of halogens is 1. The summed E-state index contributed by atoms with van der Waals surface area (Å²) >= 11 is 8.98. The number of hydrogen-bond acceptors (Lipinski definition) is 6. The minimum Gasteiger partial charge on any atom is -0.508 e. The van der Waals surface area contributed by atoms with Gasteiger partial charge >= 0.3 is 0 Å². The highest BCUT2D eigenvalue weighted by atomic mass is 35.5. The first kappa shape index (κ1) is 16.7. The Bertz CT molecular complexity index is 1250. The van der Waals surface area contributed by atoms with E-state index in [0.717, 1.165) is 26.7 Å². The third kappa shape index (κ3) is 2.56. The highest BCUT2D eigenvalue weighted by molar-refractivity contribution is 7.24. The molecule has 4 aromatic rings. The summed E-state index contributed by atoms with van der Waals surface area (Å²) in [4.78, 5) is 16.6. The maximum atomic E-state index is 11.9. The fourth-order valence-electron chi connectivity index (χ4n) is 2.69. The molecule has 0 saturated heterocycles. The standard InChI is InChI=1S/C18H9ClN2O3S2/c19-16-13(14-15(23)10(7-20)17(24)21-18(14)26-16)12-6-5-11(25-12)8-1-3-9(22)4-2-8/h1-6,22H,(H2,21,23,24). The van der Waals surface area contributed by atoms with Crippen molar-refractivity contribution in [3.05, 3.63) is 56.7 Å². The largest absolute Gasteiger partial charge is 0.508 e. The van der Waals surface area contributed by atoms with Gasteiger partial charge in [0.2, 0.25) is 0 Å². The van der Waals surface area contributed by atoms with Crippen LogP contribution in [0.5, 0.6) is 11.5 Å². The molecule has 3 heterocycles. The molecule has 0 aliphatic carbocycles. The second-order valence-electron chi connectivity index (χ2n) is 5.46. The number of nitrogens with one attached hydrogen (secondary N) is 1. The number of hydrogen-bond donors (Lipinski definition) is 3. The molecule has 0 atom stereocenters. The Hall–Kier alpha value is -2.79. The SMILES string of the molecule is N#Cc1c(O)c2c(-c3ccc(-c4ccc(O)cc4)s3)c(Cl)sc2[nH]c1=O. The molecule has 3 N–H and O–H groups in total. The number of aromatic nitrogens is 1. The van der Waals surface area contributed by atoms with Gasteiger partial charge in [0.05, 0.1) is 5.39 Å². The van der Waals surface area contributed by atoms with E-state index in [1.807, 2.05) is 12.1 Å². The van der Waals surface area contributed by atoms with Crippen LogP contribution in [0.3, 0.4) is 0 Å². The zero-order valence-electron chi connectivity index (χ0n) is 12.9. The molecular weight excluding hydrogens is 392 g/mol. The number of rotatable bonds is 2. The van der Waals surface area contributed by atoms with E-state index in [9.17, 15) is 15.0 Å². The highest BCUT2D eigenvalue weighted by Crippen LogP contribution is 2.48. The predicted octanol–water partition coefficient (Wildman–Crippen LogP) is 4.92. The van der Waals surface area contributed by atoms with E-state index < -0.39 is 5.56 Å². The molecule has 0 radical (unpaired) electrons. The number of phenolic OH excluding ortho intramolecular Hbond substituents is 1. The molecule has 8 heteroatoms. The Balaban J connectivity index is 1.93. The van der Waals surface area contributed by atoms with Gasteiger partial charge in [0, 0.05) is 15.3 Å². The molecule has 0 aliphatic rings. The summed E-state index contributed by atoms with van der Waals surface area (Å²) in [5.74, 6) is -0.167. The number of aromatic amines is 1. The summed E-state index contributed by atoms with van der Waals surface area (Å²) in [6.45, 7) is 0. The van der Waals surface area contributed by atoms with Crippen LogP contribution in [0.2, 0.25) is 4.34 Å². The lowest BCUT2D eigenvalue weighted by Gasteiger charge is -2.01. The number of aromatic hydroxyl groups is 2. The monoisotopic (exact) mass is 400 g/mol. The molecule has 0 saturated carbocycles. The summed E-state index contributed by atoms with van der Waals surface area (Å²) in [6.07, 6.45) is 0. The van der Waals surface area contributed by atoms with Gasteiger partial charge in [-0.25, -0.2) is 0 Å². The zero-order valence-corrected chi connectivity index (χ0v) is 15.3. The molecule has 0 aliphatic heterocycles. The van der Waals surface area contributed by atoms with E-state index in [4.69, 9.17) is 16.9 Å².